The zero-order chi connectivity index (χ0) is 10.8. The van der Waals surface area contributed by atoms with Crippen molar-refractivity contribution in [2.45, 2.75) is 26.3 Å². The van der Waals surface area contributed by atoms with Gasteiger partial charge in [0.15, 0.2) is 0 Å². The number of aliphatic imine (C=N–C) groups is 1. The average Bonchev–Trinajstić information content (AvgIpc) is 2.23. The maximum atomic E-state index is 5.37. The molecule has 0 aromatic heterocycles. The molecule has 0 saturated carbocycles. The van der Waals surface area contributed by atoms with E-state index in [0.29, 0.717) is 12.0 Å². The first-order valence-corrected chi connectivity index (χ1v) is 6.61. The van der Waals surface area contributed by atoms with Crippen LogP contribution in [0.2, 0.25) is 0 Å². The molecule has 14 heavy (non-hydrogen) atoms. The summed E-state index contributed by atoms with van der Waals surface area (Å²) in [5.74, 6) is 0.423. The van der Waals surface area contributed by atoms with E-state index >= 15 is 0 Å². The molecule has 1 aliphatic heterocycles. The fourth-order valence-corrected chi connectivity index (χ4v) is 4.08. The fraction of sp³-hybridized carbons (Fsp3) is 0.889. The summed E-state index contributed by atoms with van der Waals surface area (Å²) in [6.07, 6.45) is 1.06. The molecule has 0 saturated heterocycles. The molecule has 1 rings (SSSR count). The van der Waals surface area contributed by atoms with E-state index < -0.39 is 8.80 Å². The van der Waals surface area contributed by atoms with E-state index in [1.54, 1.807) is 21.3 Å². The molecule has 4 nitrogen and oxygen atoms in total. The van der Waals surface area contributed by atoms with Crippen molar-refractivity contribution in [3.63, 3.8) is 0 Å². The van der Waals surface area contributed by atoms with Crippen molar-refractivity contribution in [2.24, 2.45) is 10.9 Å². The Kier molecular flexibility index (Phi) is 3.83. The lowest BCUT2D eigenvalue weighted by Crippen LogP contribution is -2.59. The predicted molar refractivity (Wildman–Crippen MR) is 57.5 cm³/mol. The van der Waals surface area contributed by atoms with Crippen LogP contribution in [0.3, 0.4) is 0 Å². The van der Waals surface area contributed by atoms with Crippen LogP contribution in [0.1, 0.15) is 20.3 Å². The fourth-order valence-electron chi connectivity index (χ4n) is 1.87. The minimum Gasteiger partial charge on any atom is -0.373 e. The minimum absolute atomic E-state index is 0.414. The molecule has 0 N–H and O–H groups in total. The smallest absolute Gasteiger partial charge is 0.373 e. The highest BCUT2D eigenvalue weighted by Crippen LogP contribution is 2.30. The monoisotopic (exact) mass is 217 g/mol. The van der Waals surface area contributed by atoms with E-state index in [4.69, 9.17) is 13.3 Å². The predicted octanol–water partition coefficient (Wildman–Crippen LogP) is 1.27. The highest BCUT2D eigenvalue weighted by Gasteiger charge is 2.52. The van der Waals surface area contributed by atoms with Gasteiger partial charge in [-0.25, -0.2) is 0 Å². The van der Waals surface area contributed by atoms with E-state index in [1.165, 1.54) is 0 Å². The van der Waals surface area contributed by atoms with Crippen molar-refractivity contribution in [1.82, 2.24) is 0 Å². The number of rotatable bonds is 5. The van der Waals surface area contributed by atoms with E-state index in [1.807, 2.05) is 0 Å². The second-order valence-electron chi connectivity index (χ2n) is 3.45. The average molecular weight is 217 g/mol. The van der Waals surface area contributed by atoms with Crippen LogP contribution in [-0.2, 0) is 13.3 Å². The molecule has 2 unspecified atom stereocenters. The van der Waals surface area contributed by atoms with E-state index in [0.717, 1.165) is 11.8 Å². The first-order chi connectivity index (χ1) is 6.65. The standard InChI is InChI=1S/C9H19NO3Si/c1-6-8-7(2)9(10-8)14(11-3,12-4)13-5/h7-8H,6H2,1-5H3. The van der Waals surface area contributed by atoms with E-state index in [9.17, 15) is 0 Å². The second-order valence-corrected chi connectivity index (χ2v) is 6.30. The molecule has 1 aliphatic rings. The summed E-state index contributed by atoms with van der Waals surface area (Å²) in [7, 11) is 2.25. The highest BCUT2D eigenvalue weighted by atomic mass is 28.4. The van der Waals surface area contributed by atoms with Crippen LogP contribution >= 0.6 is 0 Å². The molecule has 1 heterocycles. The lowest BCUT2D eigenvalue weighted by molar-refractivity contribution is 0.140. The molecule has 0 aromatic carbocycles. The van der Waals surface area contributed by atoms with Crippen LogP contribution in [0.5, 0.6) is 0 Å². The zero-order valence-electron chi connectivity index (χ0n) is 9.53. The van der Waals surface area contributed by atoms with Gasteiger partial charge in [0.25, 0.3) is 0 Å². The zero-order valence-corrected chi connectivity index (χ0v) is 10.5. The Bertz CT molecular complexity index is 220. The van der Waals surface area contributed by atoms with Gasteiger partial charge < -0.3 is 13.3 Å². The molecule has 82 valence electrons. The third-order valence-electron chi connectivity index (χ3n) is 2.85. The Morgan fingerprint density at radius 1 is 1.21 bits per heavy atom. The summed E-state index contributed by atoms with van der Waals surface area (Å²) in [4.78, 5) is 4.51. The minimum atomic E-state index is -2.61. The van der Waals surface area contributed by atoms with Gasteiger partial charge in [-0.2, -0.15) is 0 Å². The van der Waals surface area contributed by atoms with Gasteiger partial charge in [0, 0.05) is 27.2 Å². The van der Waals surface area contributed by atoms with Crippen LogP contribution in [0, 0.1) is 5.92 Å². The molecule has 0 fully saturated rings. The van der Waals surface area contributed by atoms with Gasteiger partial charge in [-0.3, -0.25) is 4.99 Å². The van der Waals surface area contributed by atoms with Crippen molar-refractivity contribution in [1.29, 1.82) is 0 Å². The summed E-state index contributed by atoms with van der Waals surface area (Å²) in [6, 6.07) is 0.414. The molecule has 0 aliphatic carbocycles. The van der Waals surface area contributed by atoms with Crippen molar-refractivity contribution < 1.29 is 13.3 Å². The SMILES string of the molecule is CCC1N=C([Si](OC)(OC)OC)C1C. The Balaban J connectivity index is 2.82. The Morgan fingerprint density at radius 2 is 1.71 bits per heavy atom. The second kappa shape index (κ2) is 4.52. The van der Waals surface area contributed by atoms with Gasteiger partial charge in [-0.15, -0.1) is 0 Å². The van der Waals surface area contributed by atoms with Crippen LogP contribution in [0.25, 0.3) is 0 Å². The number of hydrogen-bond donors (Lipinski definition) is 0. The largest absolute Gasteiger partial charge is 0.551 e. The van der Waals surface area contributed by atoms with Gasteiger partial charge in [0.05, 0.1) is 11.4 Å². The topological polar surface area (TPSA) is 40.0 Å². The first-order valence-electron chi connectivity index (χ1n) is 4.88. The first kappa shape index (κ1) is 11.8. The van der Waals surface area contributed by atoms with Crippen molar-refractivity contribution >= 4 is 14.1 Å². The van der Waals surface area contributed by atoms with Gasteiger partial charge in [-0.1, -0.05) is 13.8 Å². The lowest BCUT2D eigenvalue weighted by Gasteiger charge is -2.38. The van der Waals surface area contributed by atoms with Gasteiger partial charge in [0.1, 0.15) is 0 Å². The van der Waals surface area contributed by atoms with Crippen LogP contribution in [-0.4, -0.2) is 41.5 Å². The molecule has 0 bridgehead atoms. The Morgan fingerprint density at radius 3 is 2.00 bits per heavy atom. The quantitative estimate of drug-likeness (QED) is 0.651. The number of hydrogen-bond acceptors (Lipinski definition) is 4. The summed E-state index contributed by atoms with van der Waals surface area (Å²) in [5.41, 5.74) is 0. The van der Waals surface area contributed by atoms with Crippen LogP contribution in [0.4, 0.5) is 0 Å². The Hall–Kier alpha value is -0.233. The van der Waals surface area contributed by atoms with Gasteiger partial charge in [-0.05, 0) is 6.42 Å². The molecule has 0 aromatic rings. The van der Waals surface area contributed by atoms with Gasteiger partial charge >= 0.3 is 8.80 Å². The molecular weight excluding hydrogens is 198 g/mol. The summed E-state index contributed by atoms with van der Waals surface area (Å²) in [5, 5.41) is 0.983. The van der Waals surface area contributed by atoms with E-state index in [2.05, 4.69) is 18.8 Å². The maximum absolute atomic E-state index is 5.37. The Labute approximate surface area is 86.6 Å². The molecule has 0 radical (unpaired) electrons. The molecule has 2 atom stereocenters. The summed E-state index contributed by atoms with van der Waals surface area (Å²) in [6.45, 7) is 4.28. The summed E-state index contributed by atoms with van der Waals surface area (Å²) >= 11 is 0. The highest BCUT2D eigenvalue weighted by molar-refractivity contribution is 6.94. The third kappa shape index (κ3) is 1.65. The van der Waals surface area contributed by atoms with Gasteiger partial charge in [0.2, 0.25) is 0 Å². The molecule has 5 heteroatoms. The van der Waals surface area contributed by atoms with Crippen LogP contribution < -0.4 is 0 Å². The van der Waals surface area contributed by atoms with Crippen molar-refractivity contribution in [3.05, 3.63) is 0 Å². The van der Waals surface area contributed by atoms with Crippen LogP contribution in [0.15, 0.2) is 4.99 Å². The van der Waals surface area contributed by atoms with Crippen molar-refractivity contribution in [2.75, 3.05) is 21.3 Å². The normalized spacial score (nSPS) is 27.1. The molecular formula is C9H19NO3Si. The van der Waals surface area contributed by atoms with Crippen molar-refractivity contribution in [3.8, 4) is 0 Å². The summed E-state index contributed by atoms with van der Waals surface area (Å²) < 4.78 is 16.1. The number of nitrogens with zero attached hydrogens (tertiary/aromatic N) is 1. The lowest BCUT2D eigenvalue weighted by atomic mass is 9.96. The molecule has 0 amide bonds. The third-order valence-corrected chi connectivity index (χ3v) is 5.68. The maximum Gasteiger partial charge on any atom is 0.551 e. The van der Waals surface area contributed by atoms with E-state index in [-0.39, 0.29) is 0 Å². The molecule has 0 spiro atoms.